The molecule has 17 heavy (non-hydrogen) atoms. The van der Waals surface area contributed by atoms with Crippen LogP contribution in [0.4, 0.5) is 0 Å². The Morgan fingerprint density at radius 2 is 1.88 bits per heavy atom. The zero-order valence-corrected chi connectivity index (χ0v) is 11.3. The average molecular weight is 271 g/mol. The van der Waals surface area contributed by atoms with Crippen molar-refractivity contribution >= 4 is 23.2 Å². The van der Waals surface area contributed by atoms with Crippen molar-refractivity contribution in [3.05, 3.63) is 52.5 Å². The maximum atomic E-state index is 5.56. The average Bonchev–Trinajstić information content (AvgIpc) is 2.30. The van der Waals surface area contributed by atoms with Gasteiger partial charge >= 0.3 is 0 Å². The summed E-state index contributed by atoms with van der Waals surface area (Å²) in [7, 11) is 0. The van der Waals surface area contributed by atoms with E-state index in [-0.39, 0.29) is 0 Å². The van der Waals surface area contributed by atoms with Crippen molar-refractivity contribution in [2.24, 2.45) is 0 Å². The van der Waals surface area contributed by atoms with Gasteiger partial charge in [0, 0.05) is 0 Å². The molecule has 3 heteroatoms. The van der Waals surface area contributed by atoms with E-state index >= 15 is 0 Å². The summed E-state index contributed by atoms with van der Waals surface area (Å²) in [6.07, 6.45) is 5.68. The molecule has 0 spiro atoms. The standard InChI is InChI=1S/C14H16Cl2O/c1-12(6-5-9-14(15)16)10-11-17-13-7-3-2-4-8-13/h2-4,7-10H,5-6,11H2,1H3. The molecule has 0 heterocycles. The number of hydrogen-bond acceptors (Lipinski definition) is 1. The Morgan fingerprint density at radius 1 is 1.18 bits per heavy atom. The van der Waals surface area contributed by atoms with Gasteiger partial charge in [-0.25, -0.2) is 0 Å². The highest BCUT2D eigenvalue weighted by molar-refractivity contribution is 6.55. The minimum atomic E-state index is 0.332. The highest BCUT2D eigenvalue weighted by Gasteiger charge is 1.92. The fraction of sp³-hybridized carbons (Fsp3) is 0.286. The third-order valence-electron chi connectivity index (χ3n) is 2.26. The van der Waals surface area contributed by atoms with Crippen molar-refractivity contribution in [1.82, 2.24) is 0 Å². The van der Waals surface area contributed by atoms with Gasteiger partial charge in [-0.2, -0.15) is 0 Å². The van der Waals surface area contributed by atoms with Crippen LogP contribution in [0.2, 0.25) is 0 Å². The van der Waals surface area contributed by atoms with Gasteiger partial charge in [-0.1, -0.05) is 53.1 Å². The minimum Gasteiger partial charge on any atom is -0.490 e. The summed E-state index contributed by atoms with van der Waals surface area (Å²) < 4.78 is 5.89. The molecule has 1 aromatic rings. The number of hydrogen-bond donors (Lipinski definition) is 0. The van der Waals surface area contributed by atoms with Crippen LogP contribution in [0.1, 0.15) is 19.8 Å². The quantitative estimate of drug-likeness (QED) is 0.653. The van der Waals surface area contributed by atoms with Gasteiger partial charge in [0.05, 0.1) is 0 Å². The van der Waals surface area contributed by atoms with Crippen LogP contribution in [0.5, 0.6) is 5.75 Å². The molecule has 0 saturated heterocycles. The van der Waals surface area contributed by atoms with E-state index in [1.165, 1.54) is 5.57 Å². The summed E-state index contributed by atoms with van der Waals surface area (Å²) in [4.78, 5) is 0. The maximum absolute atomic E-state index is 5.56. The van der Waals surface area contributed by atoms with Gasteiger partial charge in [-0.05, 0) is 38.0 Å². The first-order chi connectivity index (χ1) is 8.18. The second kappa shape index (κ2) is 8.21. The van der Waals surface area contributed by atoms with Crippen LogP contribution in [-0.2, 0) is 0 Å². The molecule has 0 saturated carbocycles. The molecular weight excluding hydrogens is 255 g/mol. The van der Waals surface area contributed by atoms with E-state index < -0.39 is 0 Å². The predicted octanol–water partition coefficient (Wildman–Crippen LogP) is 5.11. The second-order valence-electron chi connectivity index (χ2n) is 3.71. The summed E-state index contributed by atoms with van der Waals surface area (Å²) in [6.45, 7) is 2.67. The Labute approximate surface area is 113 Å². The molecule has 0 bridgehead atoms. The number of ether oxygens (including phenoxy) is 1. The van der Waals surface area contributed by atoms with Gasteiger partial charge in [0.15, 0.2) is 0 Å². The first kappa shape index (κ1) is 14.1. The Balaban J connectivity index is 2.26. The summed E-state index contributed by atoms with van der Waals surface area (Å²) in [5, 5.41) is 0. The molecule has 1 nitrogen and oxygen atoms in total. The lowest BCUT2D eigenvalue weighted by atomic mass is 10.1. The summed E-state index contributed by atoms with van der Waals surface area (Å²) in [5.41, 5.74) is 1.27. The highest BCUT2D eigenvalue weighted by atomic mass is 35.5. The minimum absolute atomic E-state index is 0.332. The fourth-order valence-electron chi connectivity index (χ4n) is 1.31. The van der Waals surface area contributed by atoms with Gasteiger partial charge in [0.25, 0.3) is 0 Å². The lowest BCUT2D eigenvalue weighted by Crippen LogP contribution is -1.94. The molecule has 0 unspecified atom stereocenters. The van der Waals surface area contributed by atoms with Gasteiger partial charge in [-0.3, -0.25) is 0 Å². The van der Waals surface area contributed by atoms with Crippen LogP contribution in [0.25, 0.3) is 0 Å². The van der Waals surface area contributed by atoms with Gasteiger partial charge < -0.3 is 4.74 Å². The molecule has 92 valence electrons. The number of allylic oxidation sites excluding steroid dienone is 2. The molecule has 0 aliphatic heterocycles. The van der Waals surface area contributed by atoms with E-state index in [9.17, 15) is 0 Å². The Kier molecular flexibility index (Phi) is 6.83. The van der Waals surface area contributed by atoms with Crippen molar-refractivity contribution in [2.45, 2.75) is 19.8 Å². The molecule has 0 aliphatic rings. The summed E-state index contributed by atoms with van der Waals surface area (Å²) in [5.74, 6) is 0.889. The number of rotatable bonds is 6. The van der Waals surface area contributed by atoms with Crippen LogP contribution < -0.4 is 4.74 Å². The molecule has 0 radical (unpaired) electrons. The molecule has 0 amide bonds. The Hall–Kier alpha value is -0.920. The lowest BCUT2D eigenvalue weighted by molar-refractivity contribution is 0.361. The third-order valence-corrected chi connectivity index (χ3v) is 2.57. The van der Waals surface area contributed by atoms with Crippen LogP contribution >= 0.6 is 23.2 Å². The van der Waals surface area contributed by atoms with E-state index in [4.69, 9.17) is 27.9 Å². The van der Waals surface area contributed by atoms with Crippen LogP contribution in [0.15, 0.2) is 52.5 Å². The predicted molar refractivity (Wildman–Crippen MR) is 74.7 cm³/mol. The molecular formula is C14H16Cl2O. The first-order valence-electron chi connectivity index (χ1n) is 5.53. The van der Waals surface area contributed by atoms with Crippen LogP contribution in [0.3, 0.4) is 0 Å². The largest absolute Gasteiger partial charge is 0.490 e. The number of para-hydroxylation sites is 1. The molecule has 0 fully saturated rings. The third kappa shape index (κ3) is 7.09. The lowest BCUT2D eigenvalue weighted by Gasteiger charge is -2.03. The zero-order chi connectivity index (χ0) is 12.5. The molecule has 1 aromatic carbocycles. The molecule has 0 N–H and O–H groups in total. The highest BCUT2D eigenvalue weighted by Crippen LogP contribution is 2.12. The summed E-state index contributed by atoms with van der Waals surface area (Å²) >= 11 is 11.1. The summed E-state index contributed by atoms with van der Waals surface area (Å²) in [6, 6.07) is 9.77. The maximum Gasteiger partial charge on any atom is 0.119 e. The van der Waals surface area contributed by atoms with Gasteiger partial charge in [-0.15, -0.1) is 0 Å². The van der Waals surface area contributed by atoms with Crippen molar-refractivity contribution in [3.8, 4) is 5.75 Å². The normalized spacial score (nSPS) is 11.1. The zero-order valence-electron chi connectivity index (χ0n) is 9.83. The van der Waals surface area contributed by atoms with E-state index in [2.05, 4.69) is 13.0 Å². The van der Waals surface area contributed by atoms with E-state index in [1.807, 2.05) is 30.3 Å². The van der Waals surface area contributed by atoms with Crippen molar-refractivity contribution in [2.75, 3.05) is 6.61 Å². The Bertz CT molecular complexity index is 378. The molecule has 0 aliphatic carbocycles. The smallest absolute Gasteiger partial charge is 0.119 e. The van der Waals surface area contributed by atoms with Crippen molar-refractivity contribution < 1.29 is 4.74 Å². The van der Waals surface area contributed by atoms with Gasteiger partial charge in [0.2, 0.25) is 0 Å². The van der Waals surface area contributed by atoms with Crippen LogP contribution in [0, 0.1) is 0 Å². The van der Waals surface area contributed by atoms with Gasteiger partial charge in [0.1, 0.15) is 16.8 Å². The second-order valence-corrected chi connectivity index (χ2v) is 4.71. The first-order valence-corrected chi connectivity index (χ1v) is 6.28. The number of benzene rings is 1. The SMILES string of the molecule is CC(=CCOc1ccccc1)CCC=C(Cl)Cl. The van der Waals surface area contributed by atoms with E-state index in [1.54, 1.807) is 6.08 Å². The van der Waals surface area contributed by atoms with Crippen LogP contribution in [-0.4, -0.2) is 6.61 Å². The van der Waals surface area contributed by atoms with Crippen molar-refractivity contribution in [1.29, 1.82) is 0 Å². The number of halogens is 2. The fourth-order valence-corrected chi connectivity index (χ4v) is 1.53. The molecule has 0 atom stereocenters. The molecule has 1 rings (SSSR count). The van der Waals surface area contributed by atoms with Crippen molar-refractivity contribution in [3.63, 3.8) is 0 Å². The topological polar surface area (TPSA) is 9.23 Å². The Morgan fingerprint density at radius 3 is 2.53 bits per heavy atom. The van der Waals surface area contributed by atoms with E-state index in [0.29, 0.717) is 11.1 Å². The van der Waals surface area contributed by atoms with E-state index in [0.717, 1.165) is 18.6 Å². The molecule has 0 aromatic heterocycles. The monoisotopic (exact) mass is 270 g/mol.